The molecule has 0 aliphatic carbocycles. The second kappa shape index (κ2) is 7.21. The van der Waals surface area contributed by atoms with Crippen molar-refractivity contribution in [2.24, 2.45) is 0 Å². The fourth-order valence-electron chi connectivity index (χ4n) is 2.47. The van der Waals surface area contributed by atoms with Crippen LogP contribution in [0.3, 0.4) is 0 Å². The van der Waals surface area contributed by atoms with Crippen LogP contribution in [-0.4, -0.2) is 12.6 Å². The maximum atomic E-state index is 12.0. The van der Waals surface area contributed by atoms with E-state index in [4.69, 9.17) is 13.9 Å². The minimum Gasteiger partial charge on any atom is -0.489 e. The number of ether oxygens (including phenoxy) is 2. The molecule has 0 atom stereocenters. The molecule has 128 valence electrons. The molecular weight excluding hydrogens is 320 g/mol. The summed E-state index contributed by atoms with van der Waals surface area (Å²) >= 11 is 0. The van der Waals surface area contributed by atoms with E-state index in [1.165, 1.54) is 6.07 Å². The van der Waals surface area contributed by atoms with Gasteiger partial charge in [0.2, 0.25) is 0 Å². The van der Waals surface area contributed by atoms with Gasteiger partial charge < -0.3 is 13.9 Å². The van der Waals surface area contributed by atoms with E-state index in [2.05, 4.69) is 0 Å². The van der Waals surface area contributed by atoms with E-state index in [0.717, 1.165) is 11.1 Å². The van der Waals surface area contributed by atoms with E-state index in [-0.39, 0.29) is 12.2 Å². The third-order valence-corrected chi connectivity index (χ3v) is 3.86. The van der Waals surface area contributed by atoms with Crippen LogP contribution in [0, 0.1) is 6.92 Å². The molecular formula is C20H18O5. The van der Waals surface area contributed by atoms with Crippen molar-refractivity contribution in [2.45, 2.75) is 20.5 Å². The summed E-state index contributed by atoms with van der Waals surface area (Å²) in [6.07, 6.45) is 0. The zero-order valence-electron chi connectivity index (χ0n) is 14.1. The van der Waals surface area contributed by atoms with E-state index >= 15 is 0 Å². The van der Waals surface area contributed by atoms with Crippen molar-refractivity contribution in [3.63, 3.8) is 0 Å². The Morgan fingerprint density at radius 1 is 1.12 bits per heavy atom. The van der Waals surface area contributed by atoms with Gasteiger partial charge in [-0.1, -0.05) is 24.3 Å². The Labute approximate surface area is 144 Å². The van der Waals surface area contributed by atoms with Crippen LogP contribution in [0.15, 0.2) is 57.7 Å². The first kappa shape index (κ1) is 16.8. The Balaban J connectivity index is 1.85. The molecule has 0 saturated heterocycles. The smallest absolute Gasteiger partial charge is 0.351 e. The van der Waals surface area contributed by atoms with Crippen molar-refractivity contribution in [1.29, 1.82) is 0 Å². The molecule has 1 aromatic heterocycles. The Morgan fingerprint density at radius 2 is 1.92 bits per heavy atom. The second-order valence-electron chi connectivity index (χ2n) is 5.58. The zero-order valence-corrected chi connectivity index (χ0v) is 14.1. The summed E-state index contributed by atoms with van der Waals surface area (Å²) in [5.74, 6) is -0.0965. The summed E-state index contributed by atoms with van der Waals surface area (Å²) < 4.78 is 15.9. The van der Waals surface area contributed by atoms with Crippen molar-refractivity contribution in [2.75, 3.05) is 6.61 Å². The minimum atomic E-state index is -0.720. The summed E-state index contributed by atoms with van der Waals surface area (Å²) in [4.78, 5) is 23.7. The van der Waals surface area contributed by atoms with Gasteiger partial charge >= 0.3 is 11.6 Å². The highest BCUT2D eigenvalue weighted by atomic mass is 16.5. The fraction of sp³-hybridized carbons (Fsp3) is 0.200. The van der Waals surface area contributed by atoms with Gasteiger partial charge in [-0.2, -0.15) is 0 Å². The molecule has 3 rings (SSSR count). The maximum Gasteiger partial charge on any atom is 0.351 e. The van der Waals surface area contributed by atoms with E-state index < -0.39 is 11.6 Å². The number of aryl methyl sites for hydroxylation is 1. The van der Waals surface area contributed by atoms with Crippen LogP contribution in [0.5, 0.6) is 5.75 Å². The average Bonchev–Trinajstić information content (AvgIpc) is 2.60. The highest BCUT2D eigenvalue weighted by Crippen LogP contribution is 2.22. The molecule has 3 aromatic rings. The molecule has 1 heterocycles. The molecule has 0 N–H and O–H groups in total. The lowest BCUT2D eigenvalue weighted by molar-refractivity contribution is 0.0522. The molecule has 5 heteroatoms. The highest BCUT2D eigenvalue weighted by Gasteiger charge is 2.15. The largest absolute Gasteiger partial charge is 0.489 e. The first-order chi connectivity index (χ1) is 12.1. The van der Waals surface area contributed by atoms with Gasteiger partial charge in [-0.3, -0.25) is 0 Å². The van der Waals surface area contributed by atoms with E-state index in [1.54, 1.807) is 25.1 Å². The summed E-state index contributed by atoms with van der Waals surface area (Å²) in [7, 11) is 0. The Kier molecular flexibility index (Phi) is 4.84. The predicted molar refractivity (Wildman–Crippen MR) is 94.0 cm³/mol. The van der Waals surface area contributed by atoms with Crippen LogP contribution in [0.2, 0.25) is 0 Å². The number of rotatable bonds is 5. The van der Waals surface area contributed by atoms with Crippen LogP contribution < -0.4 is 10.4 Å². The number of carbonyl (C=O) groups is 1. The normalized spacial score (nSPS) is 10.6. The number of benzene rings is 2. The standard InChI is InChI=1S/C20H18O5/c1-3-23-19(21)17-10-14-8-9-16(11-18(14)25-20(17)22)24-12-15-7-5-4-6-13(15)2/h4-11H,3,12H2,1-2H3. The molecule has 0 radical (unpaired) electrons. The second-order valence-corrected chi connectivity index (χ2v) is 5.58. The Bertz CT molecular complexity index is 971. The Morgan fingerprint density at radius 3 is 2.68 bits per heavy atom. The van der Waals surface area contributed by atoms with Gasteiger partial charge in [0.15, 0.2) is 0 Å². The zero-order chi connectivity index (χ0) is 17.8. The van der Waals surface area contributed by atoms with Gasteiger partial charge in [-0.25, -0.2) is 9.59 Å². The molecule has 5 nitrogen and oxygen atoms in total. The molecule has 25 heavy (non-hydrogen) atoms. The highest BCUT2D eigenvalue weighted by molar-refractivity contribution is 5.93. The first-order valence-electron chi connectivity index (χ1n) is 8.01. The van der Waals surface area contributed by atoms with Gasteiger partial charge in [0, 0.05) is 11.5 Å². The minimum absolute atomic E-state index is 0.108. The van der Waals surface area contributed by atoms with Crippen LogP contribution >= 0.6 is 0 Å². The van der Waals surface area contributed by atoms with E-state index in [9.17, 15) is 9.59 Å². The van der Waals surface area contributed by atoms with E-state index in [0.29, 0.717) is 23.3 Å². The number of carbonyl (C=O) groups excluding carboxylic acids is 1. The topological polar surface area (TPSA) is 65.7 Å². The van der Waals surface area contributed by atoms with Crippen LogP contribution in [0.4, 0.5) is 0 Å². The monoisotopic (exact) mass is 338 g/mol. The first-order valence-corrected chi connectivity index (χ1v) is 8.01. The molecule has 0 aliphatic heterocycles. The molecule has 0 saturated carbocycles. The van der Waals surface area contributed by atoms with Gasteiger partial charge in [0.05, 0.1) is 6.61 Å². The number of esters is 1. The van der Waals surface area contributed by atoms with Crippen molar-refractivity contribution >= 4 is 16.9 Å². The summed E-state index contributed by atoms with van der Waals surface area (Å²) in [5.41, 5.74) is 1.76. The number of fused-ring (bicyclic) bond motifs is 1. The van der Waals surface area contributed by atoms with E-state index in [1.807, 2.05) is 31.2 Å². The molecule has 0 bridgehead atoms. The third-order valence-electron chi connectivity index (χ3n) is 3.86. The lowest BCUT2D eigenvalue weighted by Gasteiger charge is -2.09. The summed E-state index contributed by atoms with van der Waals surface area (Å²) in [5, 5.41) is 0.630. The summed E-state index contributed by atoms with van der Waals surface area (Å²) in [6, 6.07) is 14.6. The molecule has 0 amide bonds. The van der Waals surface area contributed by atoms with Gasteiger partial charge in [0.1, 0.15) is 23.5 Å². The maximum absolute atomic E-state index is 12.0. The SMILES string of the molecule is CCOC(=O)c1cc2ccc(OCc3ccccc3C)cc2oc1=O. The van der Waals surface area contributed by atoms with Crippen molar-refractivity contribution in [3.8, 4) is 5.75 Å². The van der Waals surface area contributed by atoms with Crippen molar-refractivity contribution in [1.82, 2.24) is 0 Å². The average molecular weight is 338 g/mol. The van der Waals surface area contributed by atoms with Crippen molar-refractivity contribution in [3.05, 3.63) is 75.6 Å². The summed E-state index contributed by atoms with van der Waals surface area (Å²) in [6.45, 7) is 4.32. The molecule has 0 spiro atoms. The van der Waals surface area contributed by atoms with Crippen LogP contribution in [0.25, 0.3) is 11.0 Å². The molecule has 0 unspecified atom stereocenters. The van der Waals surface area contributed by atoms with Crippen LogP contribution in [0.1, 0.15) is 28.4 Å². The number of hydrogen-bond donors (Lipinski definition) is 0. The van der Waals surface area contributed by atoms with Crippen molar-refractivity contribution < 1.29 is 18.7 Å². The number of hydrogen-bond acceptors (Lipinski definition) is 5. The lowest BCUT2D eigenvalue weighted by atomic mass is 10.1. The van der Waals surface area contributed by atoms with Gasteiger partial charge in [-0.05, 0) is 43.2 Å². The van der Waals surface area contributed by atoms with Gasteiger partial charge in [-0.15, -0.1) is 0 Å². The quantitative estimate of drug-likeness (QED) is 0.522. The van der Waals surface area contributed by atoms with Crippen LogP contribution in [-0.2, 0) is 11.3 Å². The third kappa shape index (κ3) is 3.71. The molecule has 0 aliphatic rings. The predicted octanol–water partition coefficient (Wildman–Crippen LogP) is 3.86. The Hall–Kier alpha value is -3.08. The molecule has 2 aromatic carbocycles. The molecule has 0 fully saturated rings. The fourth-order valence-corrected chi connectivity index (χ4v) is 2.47. The lowest BCUT2D eigenvalue weighted by Crippen LogP contribution is -2.16. The van der Waals surface area contributed by atoms with Gasteiger partial charge in [0.25, 0.3) is 0 Å².